The summed E-state index contributed by atoms with van der Waals surface area (Å²) in [6, 6.07) is 5.18. The van der Waals surface area contributed by atoms with Crippen molar-refractivity contribution < 1.29 is 14.3 Å². The van der Waals surface area contributed by atoms with Gasteiger partial charge in [-0.1, -0.05) is 0 Å². The van der Waals surface area contributed by atoms with Crippen molar-refractivity contribution in [2.75, 3.05) is 19.5 Å². The quantitative estimate of drug-likeness (QED) is 0.882. The molecular weight excluding hydrogens is 256 g/mol. The van der Waals surface area contributed by atoms with E-state index in [1.807, 2.05) is 6.92 Å². The molecule has 20 heavy (non-hydrogen) atoms. The minimum absolute atomic E-state index is 0.165. The van der Waals surface area contributed by atoms with Gasteiger partial charge in [0, 0.05) is 30.3 Å². The third kappa shape index (κ3) is 2.66. The van der Waals surface area contributed by atoms with E-state index in [-0.39, 0.29) is 11.7 Å². The van der Waals surface area contributed by atoms with Crippen LogP contribution >= 0.6 is 0 Å². The topological polar surface area (TPSA) is 67.4 Å². The summed E-state index contributed by atoms with van der Waals surface area (Å²) in [4.78, 5) is 23.1. The van der Waals surface area contributed by atoms with Gasteiger partial charge in [-0.15, -0.1) is 0 Å². The van der Waals surface area contributed by atoms with Gasteiger partial charge in [-0.2, -0.15) is 0 Å². The number of methoxy groups -OCH3 is 1. The van der Waals surface area contributed by atoms with Crippen molar-refractivity contribution in [2.24, 2.45) is 0 Å². The number of carbonyl (C=O) groups excluding carboxylic acids is 2. The summed E-state index contributed by atoms with van der Waals surface area (Å²) < 4.78 is 5.30. The zero-order valence-corrected chi connectivity index (χ0v) is 11.9. The van der Waals surface area contributed by atoms with Crippen LogP contribution in [0.5, 0.6) is 5.75 Å². The largest absolute Gasteiger partial charge is 0.495 e. The van der Waals surface area contributed by atoms with Crippen molar-refractivity contribution in [3.8, 4) is 5.75 Å². The Morgan fingerprint density at radius 3 is 2.60 bits per heavy atom. The highest BCUT2D eigenvalue weighted by atomic mass is 16.5. The lowest BCUT2D eigenvalue weighted by Crippen LogP contribution is -2.17. The number of hydrogen-bond donors (Lipinski definition) is 2. The van der Waals surface area contributed by atoms with Crippen LogP contribution in [-0.4, -0.2) is 25.8 Å². The molecule has 0 aliphatic heterocycles. The van der Waals surface area contributed by atoms with Crippen LogP contribution in [0.3, 0.4) is 0 Å². The first-order chi connectivity index (χ1) is 9.56. The summed E-state index contributed by atoms with van der Waals surface area (Å²) in [5.41, 5.74) is 2.97. The molecule has 5 heteroatoms. The summed E-state index contributed by atoms with van der Waals surface area (Å²) in [5.74, 6) is 0.584. The minimum atomic E-state index is -0.165. The fourth-order valence-corrected chi connectivity index (χ4v) is 2.18. The lowest BCUT2D eigenvalue weighted by Gasteiger charge is -2.13. The first kappa shape index (κ1) is 14.1. The predicted octanol–water partition coefficient (Wildman–Crippen LogP) is 2.10. The molecule has 0 bridgehead atoms. The molecule has 0 atom stereocenters. The second-order valence-corrected chi connectivity index (χ2v) is 4.65. The molecule has 1 aliphatic rings. The van der Waals surface area contributed by atoms with Crippen molar-refractivity contribution >= 4 is 17.4 Å². The summed E-state index contributed by atoms with van der Waals surface area (Å²) in [7, 11) is 3.13. The number of rotatable bonds is 4. The summed E-state index contributed by atoms with van der Waals surface area (Å²) in [6.07, 6.45) is 1.26. The smallest absolute Gasteiger partial charge is 0.251 e. The Balaban J connectivity index is 2.29. The number of anilines is 1. The number of benzene rings is 1. The van der Waals surface area contributed by atoms with E-state index in [4.69, 9.17) is 4.74 Å². The van der Waals surface area contributed by atoms with Crippen LogP contribution < -0.4 is 15.4 Å². The molecule has 0 radical (unpaired) electrons. The monoisotopic (exact) mass is 274 g/mol. The molecule has 1 amide bonds. The van der Waals surface area contributed by atoms with Gasteiger partial charge in [0.05, 0.1) is 12.8 Å². The van der Waals surface area contributed by atoms with Gasteiger partial charge in [-0.3, -0.25) is 9.59 Å². The van der Waals surface area contributed by atoms with Crippen molar-refractivity contribution in [1.82, 2.24) is 5.32 Å². The number of ketones is 1. The molecule has 0 unspecified atom stereocenters. The van der Waals surface area contributed by atoms with E-state index in [2.05, 4.69) is 10.6 Å². The first-order valence-electron chi connectivity index (χ1n) is 6.47. The molecule has 5 nitrogen and oxygen atoms in total. The average molecular weight is 274 g/mol. The second kappa shape index (κ2) is 5.77. The van der Waals surface area contributed by atoms with Gasteiger partial charge >= 0.3 is 0 Å². The number of carbonyl (C=O) groups is 2. The second-order valence-electron chi connectivity index (χ2n) is 4.65. The standard InChI is InChI=1S/C15H18N2O3/c1-9-11(6-7-13(9)18)17-12-5-4-10(15(19)16-2)8-14(12)20-3/h4-5,8,17H,6-7H2,1-3H3,(H,16,19). The maximum Gasteiger partial charge on any atom is 0.251 e. The Hall–Kier alpha value is -2.30. The van der Waals surface area contributed by atoms with Crippen LogP contribution in [0.25, 0.3) is 0 Å². The Kier molecular flexibility index (Phi) is 4.08. The predicted molar refractivity (Wildman–Crippen MR) is 76.9 cm³/mol. The van der Waals surface area contributed by atoms with Crippen LogP contribution in [0.1, 0.15) is 30.1 Å². The lowest BCUT2D eigenvalue weighted by atomic mass is 10.1. The van der Waals surface area contributed by atoms with Gasteiger partial charge in [0.2, 0.25) is 0 Å². The average Bonchev–Trinajstić information content (AvgIpc) is 2.78. The number of ether oxygens (including phenoxy) is 1. The Morgan fingerprint density at radius 2 is 2.05 bits per heavy atom. The number of Topliss-reactive ketones (excluding diaryl/α,β-unsaturated/α-hetero) is 1. The van der Waals surface area contributed by atoms with Gasteiger partial charge < -0.3 is 15.4 Å². The van der Waals surface area contributed by atoms with Crippen molar-refractivity contribution in [1.29, 1.82) is 0 Å². The molecule has 0 heterocycles. The molecule has 0 saturated carbocycles. The van der Waals surface area contributed by atoms with Crippen molar-refractivity contribution in [3.05, 3.63) is 35.0 Å². The van der Waals surface area contributed by atoms with Gasteiger partial charge in [0.25, 0.3) is 5.91 Å². The molecule has 1 aromatic carbocycles. The molecule has 0 spiro atoms. The minimum Gasteiger partial charge on any atom is -0.495 e. The van der Waals surface area contributed by atoms with Crippen LogP contribution in [-0.2, 0) is 4.79 Å². The van der Waals surface area contributed by atoms with Crippen LogP contribution in [0.4, 0.5) is 5.69 Å². The fourth-order valence-electron chi connectivity index (χ4n) is 2.18. The van der Waals surface area contributed by atoms with E-state index in [1.165, 1.54) is 0 Å². The third-order valence-corrected chi connectivity index (χ3v) is 3.45. The molecule has 1 aromatic rings. The number of hydrogen-bond acceptors (Lipinski definition) is 4. The molecule has 2 rings (SSSR count). The van der Waals surface area contributed by atoms with E-state index >= 15 is 0 Å². The number of allylic oxidation sites excluding steroid dienone is 2. The number of amides is 1. The Bertz CT molecular complexity index is 591. The summed E-state index contributed by atoms with van der Waals surface area (Å²) in [6.45, 7) is 1.82. The van der Waals surface area contributed by atoms with E-state index in [0.717, 1.165) is 17.0 Å². The molecule has 0 saturated heterocycles. The molecule has 1 aliphatic carbocycles. The van der Waals surface area contributed by atoms with E-state index < -0.39 is 0 Å². The highest BCUT2D eigenvalue weighted by molar-refractivity contribution is 5.99. The summed E-state index contributed by atoms with van der Waals surface area (Å²) in [5, 5.41) is 5.80. The van der Waals surface area contributed by atoms with E-state index in [9.17, 15) is 9.59 Å². The van der Waals surface area contributed by atoms with Gasteiger partial charge in [0.1, 0.15) is 5.75 Å². The highest BCUT2D eigenvalue weighted by Gasteiger charge is 2.20. The molecule has 0 fully saturated rings. The maximum atomic E-state index is 11.6. The van der Waals surface area contributed by atoms with Gasteiger partial charge in [-0.05, 0) is 31.5 Å². The van der Waals surface area contributed by atoms with E-state index in [0.29, 0.717) is 24.2 Å². The zero-order chi connectivity index (χ0) is 14.7. The van der Waals surface area contributed by atoms with Crippen LogP contribution in [0, 0.1) is 0 Å². The van der Waals surface area contributed by atoms with E-state index in [1.54, 1.807) is 32.4 Å². The zero-order valence-electron chi connectivity index (χ0n) is 11.9. The van der Waals surface area contributed by atoms with Crippen molar-refractivity contribution in [2.45, 2.75) is 19.8 Å². The SMILES string of the molecule is CNC(=O)c1ccc(NC2=C(C)C(=O)CC2)c(OC)c1. The fraction of sp³-hybridized carbons (Fsp3) is 0.333. The lowest BCUT2D eigenvalue weighted by molar-refractivity contribution is -0.114. The van der Waals surface area contributed by atoms with Gasteiger partial charge in [0.15, 0.2) is 5.78 Å². The molecule has 0 aromatic heterocycles. The van der Waals surface area contributed by atoms with Crippen LogP contribution in [0.15, 0.2) is 29.5 Å². The van der Waals surface area contributed by atoms with Gasteiger partial charge in [-0.25, -0.2) is 0 Å². The Labute approximate surface area is 118 Å². The Morgan fingerprint density at radius 1 is 1.30 bits per heavy atom. The normalized spacial score (nSPS) is 14.4. The maximum absolute atomic E-state index is 11.6. The molecule has 106 valence electrons. The highest BCUT2D eigenvalue weighted by Crippen LogP contribution is 2.30. The molecule has 2 N–H and O–H groups in total. The number of nitrogens with one attached hydrogen (secondary N) is 2. The van der Waals surface area contributed by atoms with Crippen LogP contribution in [0.2, 0.25) is 0 Å². The first-order valence-corrected chi connectivity index (χ1v) is 6.47. The molecular formula is C15H18N2O3. The van der Waals surface area contributed by atoms with Crippen molar-refractivity contribution in [3.63, 3.8) is 0 Å². The third-order valence-electron chi connectivity index (χ3n) is 3.45. The summed E-state index contributed by atoms with van der Waals surface area (Å²) >= 11 is 0.